The minimum absolute atomic E-state index is 0.213. The lowest BCUT2D eigenvalue weighted by Crippen LogP contribution is -2.46. The van der Waals surface area contributed by atoms with Crippen molar-refractivity contribution in [1.29, 1.82) is 0 Å². The first-order valence-electron chi connectivity index (χ1n) is 8.57. The molecule has 2 aromatic rings. The summed E-state index contributed by atoms with van der Waals surface area (Å²) < 4.78 is 0. The van der Waals surface area contributed by atoms with E-state index < -0.39 is 0 Å². The second-order valence-electron chi connectivity index (χ2n) is 7.12. The van der Waals surface area contributed by atoms with Crippen LogP contribution in [0.2, 0.25) is 0 Å². The largest absolute Gasteiger partial charge is 0.348 e. The summed E-state index contributed by atoms with van der Waals surface area (Å²) in [5.74, 6) is 2.30. The van der Waals surface area contributed by atoms with Gasteiger partial charge in [-0.05, 0) is 43.1 Å². The molecule has 2 bridgehead atoms. The van der Waals surface area contributed by atoms with E-state index >= 15 is 0 Å². The van der Waals surface area contributed by atoms with Crippen molar-refractivity contribution in [3.05, 3.63) is 54.1 Å². The molecule has 3 atom stereocenters. The number of hydrogen-bond donors (Lipinski definition) is 2. The Kier molecular flexibility index (Phi) is 3.68. The van der Waals surface area contributed by atoms with Crippen molar-refractivity contribution in [3.8, 4) is 0 Å². The van der Waals surface area contributed by atoms with Crippen molar-refractivity contribution >= 4 is 5.91 Å². The summed E-state index contributed by atoms with van der Waals surface area (Å²) in [5, 5.41) is 3.14. The number of carbonyl (C=O) groups is 1. The Labute approximate surface area is 136 Å². The van der Waals surface area contributed by atoms with Crippen LogP contribution in [-0.2, 0) is 17.8 Å². The predicted molar refractivity (Wildman–Crippen MR) is 88.5 cm³/mol. The third-order valence-electron chi connectivity index (χ3n) is 5.76. The number of nitrogens with one attached hydrogen (secondary N) is 2. The molecule has 0 unspecified atom stereocenters. The molecule has 2 saturated carbocycles. The topological polar surface area (TPSA) is 57.8 Å². The van der Waals surface area contributed by atoms with Crippen molar-refractivity contribution < 1.29 is 4.79 Å². The van der Waals surface area contributed by atoms with Crippen LogP contribution in [0.4, 0.5) is 0 Å². The molecule has 1 aromatic heterocycles. The highest BCUT2D eigenvalue weighted by molar-refractivity contribution is 5.84. The Morgan fingerprint density at radius 2 is 2.17 bits per heavy atom. The van der Waals surface area contributed by atoms with Crippen LogP contribution >= 0.6 is 0 Å². The van der Waals surface area contributed by atoms with Crippen LogP contribution in [0.3, 0.4) is 0 Å². The van der Waals surface area contributed by atoms with Crippen molar-refractivity contribution in [2.75, 3.05) is 0 Å². The minimum atomic E-state index is -0.225. The number of carbonyl (C=O) groups excluding carboxylic acids is 1. The van der Waals surface area contributed by atoms with Crippen LogP contribution in [0.5, 0.6) is 0 Å². The standard InChI is InChI=1S/C19H23N3O/c23-18(22-13-17-20-8-9-21-17)19(11-14-4-2-1-3-5-14)12-15-6-7-16(19)10-15/h1-5,8-9,15-16H,6-7,10-13H2,(H,20,21)(H,22,23)/t15-,16-,19-/m0/s1. The first-order chi connectivity index (χ1) is 11.3. The Hall–Kier alpha value is -2.10. The highest BCUT2D eigenvalue weighted by atomic mass is 16.2. The van der Waals surface area contributed by atoms with E-state index in [4.69, 9.17) is 0 Å². The van der Waals surface area contributed by atoms with E-state index in [2.05, 4.69) is 39.6 Å². The monoisotopic (exact) mass is 309 g/mol. The van der Waals surface area contributed by atoms with Crippen LogP contribution in [0.25, 0.3) is 0 Å². The molecule has 1 aromatic carbocycles. The summed E-state index contributed by atoms with van der Waals surface area (Å²) in [4.78, 5) is 20.4. The van der Waals surface area contributed by atoms with E-state index in [9.17, 15) is 4.79 Å². The fourth-order valence-electron chi connectivity index (χ4n) is 4.71. The zero-order valence-electron chi connectivity index (χ0n) is 13.3. The van der Waals surface area contributed by atoms with Crippen molar-refractivity contribution in [2.45, 2.75) is 38.6 Å². The van der Waals surface area contributed by atoms with Gasteiger partial charge in [0.2, 0.25) is 5.91 Å². The molecule has 0 aliphatic heterocycles. The normalized spacial score (nSPS) is 28.9. The molecule has 120 valence electrons. The van der Waals surface area contributed by atoms with Crippen LogP contribution in [0, 0.1) is 17.3 Å². The number of benzene rings is 1. The lowest BCUT2D eigenvalue weighted by atomic mass is 9.68. The summed E-state index contributed by atoms with van der Waals surface area (Å²) in [6.45, 7) is 0.486. The fraction of sp³-hybridized carbons (Fsp3) is 0.474. The number of nitrogens with zero attached hydrogens (tertiary/aromatic N) is 1. The molecule has 4 rings (SSSR count). The summed E-state index contributed by atoms with van der Waals surface area (Å²) in [6, 6.07) is 10.5. The lowest BCUT2D eigenvalue weighted by Gasteiger charge is -2.36. The molecular weight excluding hydrogens is 286 g/mol. The van der Waals surface area contributed by atoms with Gasteiger partial charge in [0.05, 0.1) is 12.0 Å². The molecule has 1 heterocycles. The molecule has 4 nitrogen and oxygen atoms in total. The van der Waals surface area contributed by atoms with Gasteiger partial charge in [0.15, 0.2) is 0 Å². The summed E-state index contributed by atoms with van der Waals surface area (Å²) in [7, 11) is 0. The van der Waals surface area contributed by atoms with Crippen LogP contribution < -0.4 is 5.32 Å². The number of aromatic amines is 1. The lowest BCUT2D eigenvalue weighted by molar-refractivity contribution is -0.134. The van der Waals surface area contributed by atoms with E-state index in [1.807, 2.05) is 6.07 Å². The number of hydrogen-bond acceptors (Lipinski definition) is 2. The van der Waals surface area contributed by atoms with Gasteiger partial charge in [-0.2, -0.15) is 0 Å². The minimum Gasteiger partial charge on any atom is -0.348 e. The van der Waals surface area contributed by atoms with Crippen LogP contribution in [0.15, 0.2) is 42.7 Å². The summed E-state index contributed by atoms with van der Waals surface area (Å²) in [6.07, 6.45) is 9.13. The number of imidazole rings is 1. The van der Waals surface area contributed by atoms with E-state index in [-0.39, 0.29) is 11.3 Å². The molecule has 2 N–H and O–H groups in total. The van der Waals surface area contributed by atoms with E-state index in [1.165, 1.54) is 24.8 Å². The zero-order valence-corrected chi connectivity index (χ0v) is 13.3. The van der Waals surface area contributed by atoms with Gasteiger partial charge in [-0.15, -0.1) is 0 Å². The van der Waals surface area contributed by atoms with Crippen molar-refractivity contribution in [2.24, 2.45) is 17.3 Å². The molecular formula is C19H23N3O. The van der Waals surface area contributed by atoms with Gasteiger partial charge in [-0.25, -0.2) is 4.98 Å². The van der Waals surface area contributed by atoms with Gasteiger partial charge in [-0.1, -0.05) is 36.8 Å². The van der Waals surface area contributed by atoms with Crippen LogP contribution in [0.1, 0.15) is 37.1 Å². The maximum absolute atomic E-state index is 13.1. The SMILES string of the molecule is O=C(NCc1ncc[nH]1)[C@@]1(Cc2ccccc2)C[C@H]2CC[C@H]1C2. The second kappa shape index (κ2) is 5.84. The Morgan fingerprint density at radius 3 is 2.83 bits per heavy atom. The molecule has 2 aliphatic rings. The Balaban J connectivity index is 1.54. The number of rotatable bonds is 5. The van der Waals surface area contributed by atoms with Crippen LogP contribution in [-0.4, -0.2) is 15.9 Å². The highest BCUT2D eigenvalue weighted by Crippen LogP contribution is 2.57. The quantitative estimate of drug-likeness (QED) is 0.892. The van der Waals surface area contributed by atoms with E-state index in [0.29, 0.717) is 12.5 Å². The molecule has 0 spiro atoms. The van der Waals surface area contributed by atoms with Gasteiger partial charge < -0.3 is 10.3 Å². The maximum Gasteiger partial charge on any atom is 0.227 e. The fourth-order valence-corrected chi connectivity index (χ4v) is 4.71. The number of fused-ring (bicyclic) bond motifs is 2. The summed E-state index contributed by atoms with van der Waals surface area (Å²) >= 11 is 0. The zero-order chi connectivity index (χ0) is 15.7. The Morgan fingerprint density at radius 1 is 1.30 bits per heavy atom. The molecule has 2 fully saturated rings. The number of amides is 1. The summed E-state index contributed by atoms with van der Waals surface area (Å²) in [5.41, 5.74) is 1.05. The average molecular weight is 309 g/mol. The molecule has 1 amide bonds. The van der Waals surface area contributed by atoms with E-state index in [0.717, 1.165) is 24.6 Å². The van der Waals surface area contributed by atoms with Crippen molar-refractivity contribution in [1.82, 2.24) is 15.3 Å². The van der Waals surface area contributed by atoms with E-state index in [1.54, 1.807) is 12.4 Å². The molecule has 2 aliphatic carbocycles. The number of H-pyrrole nitrogens is 1. The van der Waals surface area contributed by atoms with Crippen molar-refractivity contribution in [3.63, 3.8) is 0 Å². The maximum atomic E-state index is 13.1. The molecule has 0 saturated heterocycles. The number of aromatic nitrogens is 2. The first-order valence-corrected chi connectivity index (χ1v) is 8.57. The van der Waals surface area contributed by atoms with Gasteiger partial charge in [-0.3, -0.25) is 4.79 Å². The third-order valence-corrected chi connectivity index (χ3v) is 5.76. The average Bonchev–Trinajstić information content (AvgIpc) is 3.31. The van der Waals surface area contributed by atoms with Gasteiger partial charge in [0.25, 0.3) is 0 Å². The Bertz CT molecular complexity index is 667. The van der Waals surface area contributed by atoms with Gasteiger partial charge >= 0.3 is 0 Å². The molecule has 4 heteroatoms. The highest BCUT2D eigenvalue weighted by Gasteiger charge is 2.55. The third kappa shape index (κ3) is 2.67. The molecule has 0 radical (unpaired) electrons. The van der Waals surface area contributed by atoms with Gasteiger partial charge in [0.1, 0.15) is 5.82 Å². The second-order valence-corrected chi connectivity index (χ2v) is 7.12. The first kappa shape index (κ1) is 14.5. The van der Waals surface area contributed by atoms with Gasteiger partial charge in [0, 0.05) is 12.4 Å². The predicted octanol–water partition coefficient (Wildman–Crippen LogP) is 3.08. The molecule has 23 heavy (non-hydrogen) atoms. The smallest absolute Gasteiger partial charge is 0.227 e.